The molecule has 0 saturated carbocycles. The quantitative estimate of drug-likeness (QED) is 0.0207. The van der Waals surface area contributed by atoms with Crippen molar-refractivity contribution < 1.29 is 32.5 Å². The van der Waals surface area contributed by atoms with Gasteiger partial charge in [-0.3, -0.25) is 5.32 Å². The van der Waals surface area contributed by atoms with Crippen LogP contribution in [0.1, 0.15) is 27.2 Å². The van der Waals surface area contributed by atoms with Gasteiger partial charge in [-0.15, -0.1) is 0 Å². The van der Waals surface area contributed by atoms with E-state index in [1.807, 2.05) is 20.8 Å². The van der Waals surface area contributed by atoms with Gasteiger partial charge in [0.1, 0.15) is 31.4 Å². The molecule has 1 N–H and O–H groups in total. The van der Waals surface area contributed by atoms with Gasteiger partial charge in [-0.25, -0.2) is 9.78 Å². The molecule has 6 aromatic rings. The lowest BCUT2D eigenvalue weighted by atomic mass is 10.0. The van der Waals surface area contributed by atoms with Crippen molar-refractivity contribution in [2.45, 2.75) is 39.3 Å². The van der Waals surface area contributed by atoms with Gasteiger partial charge < -0.3 is 22.8 Å². The smallest absolute Gasteiger partial charge is 0.490 e. The van der Waals surface area contributed by atoms with Crippen LogP contribution in [-0.4, -0.2) is 61.2 Å². The molecule has 0 saturated heterocycles. The summed E-state index contributed by atoms with van der Waals surface area (Å²) in [7, 11) is -4.73. The van der Waals surface area contributed by atoms with E-state index in [4.69, 9.17) is 32.5 Å². The molecule has 0 bridgehead atoms. The summed E-state index contributed by atoms with van der Waals surface area (Å²) in [6.45, 7) is 8.94. The minimum atomic E-state index is -2.71. The van der Waals surface area contributed by atoms with Crippen LogP contribution in [0.2, 0.25) is 6.04 Å². The highest BCUT2D eigenvalue weighted by atomic mass is 31.1. The third kappa shape index (κ3) is 11.0. The first kappa shape index (κ1) is 43.8. The van der Waals surface area contributed by atoms with E-state index in [9.17, 15) is 0 Å². The van der Waals surface area contributed by atoms with Crippen molar-refractivity contribution in [1.82, 2.24) is 5.32 Å². The summed E-state index contributed by atoms with van der Waals surface area (Å²) in [6, 6.07) is 56.9. The molecule has 0 aliphatic carbocycles. The highest BCUT2D eigenvalue weighted by Gasteiger charge is 2.39. The maximum atomic E-state index is 6.86. The first-order valence-corrected chi connectivity index (χ1v) is 25.5. The molecule has 0 atom stereocenters. The molecule has 0 spiro atoms. The Hall–Kier alpha value is -4.24. The standard InChI is InChI=1S/C49H55NO7P2Si/c1-4-54-60(55-5-2,56-6-3)35-21-34-50-38-53-57-39-36-51-44-30-19-32-46(58(40-22-11-7-12-23-40)41-24-13-8-14-25-41)48(44)49-45(52-37-39)31-20-33-47(49)59(42-26-15-9-16-27-42)43-28-17-10-18-29-43/h7-20,22-33,39,50H,4-6,21,34-38H2,1-3H3. The Labute approximate surface area is 358 Å². The molecule has 0 aromatic heterocycles. The Balaban J connectivity index is 1.23. The van der Waals surface area contributed by atoms with Crippen molar-refractivity contribution in [1.29, 1.82) is 0 Å². The van der Waals surface area contributed by atoms with Crippen molar-refractivity contribution >= 4 is 56.5 Å². The zero-order valence-corrected chi connectivity index (χ0v) is 37.5. The number of benzene rings is 6. The summed E-state index contributed by atoms with van der Waals surface area (Å²) in [6.07, 6.45) is 0.299. The molecular formula is C49H55NO7P2Si. The zero-order valence-electron chi connectivity index (χ0n) is 34.7. The van der Waals surface area contributed by atoms with Gasteiger partial charge in [0.25, 0.3) is 0 Å². The monoisotopic (exact) mass is 859 g/mol. The van der Waals surface area contributed by atoms with Crippen LogP contribution >= 0.6 is 15.8 Å². The predicted octanol–water partition coefficient (Wildman–Crippen LogP) is 7.94. The van der Waals surface area contributed by atoms with Gasteiger partial charge in [0.2, 0.25) is 0 Å². The Morgan fingerprint density at radius 3 is 1.32 bits per heavy atom. The topological polar surface area (TPSA) is 76.6 Å². The fourth-order valence-corrected chi connectivity index (χ4v) is 15.0. The van der Waals surface area contributed by atoms with E-state index < -0.39 is 30.8 Å². The van der Waals surface area contributed by atoms with Crippen molar-refractivity contribution in [3.05, 3.63) is 158 Å². The van der Waals surface area contributed by atoms with Crippen molar-refractivity contribution in [2.24, 2.45) is 0 Å². The third-order valence-corrected chi connectivity index (χ3v) is 18.1. The molecule has 1 aliphatic rings. The number of hydrogen-bond donors (Lipinski definition) is 1. The largest absolute Gasteiger partial charge is 0.500 e. The van der Waals surface area contributed by atoms with Crippen LogP contribution in [0.25, 0.3) is 11.1 Å². The highest BCUT2D eigenvalue weighted by molar-refractivity contribution is 7.80. The zero-order chi connectivity index (χ0) is 41.4. The van der Waals surface area contributed by atoms with E-state index in [1.54, 1.807) is 0 Å². The molecule has 11 heteroatoms. The van der Waals surface area contributed by atoms with E-state index in [0.717, 1.165) is 35.1 Å². The molecule has 312 valence electrons. The van der Waals surface area contributed by atoms with Gasteiger partial charge >= 0.3 is 8.80 Å². The number of rotatable bonds is 20. The number of fused-ring (bicyclic) bond motifs is 3. The van der Waals surface area contributed by atoms with E-state index in [2.05, 4.69) is 163 Å². The molecule has 0 radical (unpaired) electrons. The SMILES string of the molecule is CCO[Si](CCCNCOOC1COc2cccc(P(c3ccccc3)c3ccccc3)c2-c2c(cccc2P(c2ccccc2)c2ccccc2)OC1)(OCC)OCC. The maximum absolute atomic E-state index is 6.86. The number of nitrogens with one attached hydrogen (secondary N) is 1. The third-order valence-electron chi connectivity index (χ3n) is 9.94. The minimum absolute atomic E-state index is 0.196. The summed E-state index contributed by atoms with van der Waals surface area (Å²) in [5.74, 6) is 1.55. The predicted molar refractivity (Wildman–Crippen MR) is 249 cm³/mol. The van der Waals surface area contributed by atoms with Crippen LogP contribution < -0.4 is 46.6 Å². The second-order valence-electron chi connectivity index (χ2n) is 14.0. The Bertz CT molecular complexity index is 1950. The van der Waals surface area contributed by atoms with Crippen LogP contribution in [0.15, 0.2) is 158 Å². The van der Waals surface area contributed by atoms with Crippen LogP contribution in [0.4, 0.5) is 0 Å². The van der Waals surface area contributed by atoms with Crippen LogP contribution in [0.3, 0.4) is 0 Å². The van der Waals surface area contributed by atoms with E-state index in [0.29, 0.717) is 26.4 Å². The van der Waals surface area contributed by atoms with E-state index in [1.165, 1.54) is 31.8 Å². The van der Waals surface area contributed by atoms with Gasteiger partial charge in [-0.05, 0) is 93.5 Å². The molecule has 1 heterocycles. The summed E-state index contributed by atoms with van der Waals surface area (Å²) in [5.41, 5.74) is 2.07. The fourth-order valence-electron chi connectivity index (χ4n) is 7.46. The molecule has 60 heavy (non-hydrogen) atoms. The molecule has 0 unspecified atom stereocenters. The first-order chi connectivity index (χ1) is 29.6. The first-order valence-electron chi connectivity index (χ1n) is 20.9. The number of hydrogen-bond acceptors (Lipinski definition) is 8. The fraction of sp³-hybridized carbons (Fsp3) is 0.265. The molecule has 7 rings (SSSR count). The molecule has 0 fully saturated rings. The van der Waals surface area contributed by atoms with Crippen molar-refractivity contribution in [3.63, 3.8) is 0 Å². The van der Waals surface area contributed by atoms with Gasteiger partial charge in [0.15, 0.2) is 6.10 Å². The second kappa shape index (κ2) is 22.6. The molecule has 8 nitrogen and oxygen atoms in total. The van der Waals surface area contributed by atoms with Crippen molar-refractivity contribution in [3.8, 4) is 22.6 Å². The summed E-state index contributed by atoms with van der Waals surface area (Å²) in [5, 5.41) is 10.7. The van der Waals surface area contributed by atoms with Crippen LogP contribution in [0.5, 0.6) is 11.5 Å². The van der Waals surface area contributed by atoms with Gasteiger partial charge in [0, 0.05) is 37.0 Å². The Kier molecular flexibility index (Phi) is 16.5. The summed E-state index contributed by atoms with van der Waals surface area (Å²) in [4.78, 5) is 11.8. The second-order valence-corrected chi connectivity index (χ2v) is 21.1. The molecule has 1 aliphatic heterocycles. The highest BCUT2D eigenvalue weighted by Crippen LogP contribution is 2.47. The molecule has 6 aromatic carbocycles. The van der Waals surface area contributed by atoms with Crippen molar-refractivity contribution in [2.75, 3.05) is 46.3 Å². The van der Waals surface area contributed by atoms with E-state index in [-0.39, 0.29) is 19.9 Å². The summed E-state index contributed by atoms with van der Waals surface area (Å²) >= 11 is 0. The minimum Gasteiger partial charge on any atom is -0.490 e. The van der Waals surface area contributed by atoms with Crippen LogP contribution in [0, 0.1) is 0 Å². The number of ether oxygens (including phenoxy) is 2. The average Bonchev–Trinajstić information content (AvgIpc) is 3.36. The van der Waals surface area contributed by atoms with Gasteiger partial charge in [0.05, 0.1) is 0 Å². The Morgan fingerprint density at radius 2 is 0.933 bits per heavy atom. The normalized spacial score (nSPS) is 13.2. The average molecular weight is 860 g/mol. The maximum Gasteiger partial charge on any atom is 0.500 e. The molecular weight excluding hydrogens is 805 g/mol. The Morgan fingerprint density at radius 1 is 0.533 bits per heavy atom. The lowest BCUT2D eigenvalue weighted by molar-refractivity contribution is -0.334. The van der Waals surface area contributed by atoms with Gasteiger partial charge in [-0.2, -0.15) is 0 Å². The van der Waals surface area contributed by atoms with Crippen LogP contribution in [-0.2, 0) is 23.1 Å². The lowest BCUT2D eigenvalue weighted by Gasteiger charge is -2.28. The van der Waals surface area contributed by atoms with E-state index >= 15 is 0 Å². The lowest BCUT2D eigenvalue weighted by Crippen LogP contribution is -2.46. The summed E-state index contributed by atoms with van der Waals surface area (Å²) < 4.78 is 31.8. The molecule has 0 amide bonds. The van der Waals surface area contributed by atoms with Gasteiger partial charge in [-0.1, -0.05) is 146 Å².